The molecule has 0 bridgehead atoms. The molecule has 0 saturated carbocycles. The van der Waals surface area contributed by atoms with Gasteiger partial charge in [0.15, 0.2) is 0 Å². The second kappa shape index (κ2) is 5.58. The molecular weight excluding hydrogens is 235 g/mol. The second-order valence-corrected chi connectivity index (χ2v) is 5.36. The highest BCUT2D eigenvalue weighted by atomic mass is 31.2. The molecule has 0 aromatic carbocycles. The van der Waals surface area contributed by atoms with Crippen molar-refractivity contribution >= 4 is 7.82 Å². The summed E-state index contributed by atoms with van der Waals surface area (Å²) in [6, 6.07) is 0. The number of rotatable bonds is 5. The molecule has 1 fully saturated rings. The Bertz CT molecular complexity index is 263. The zero-order chi connectivity index (χ0) is 12.3. The van der Waals surface area contributed by atoms with E-state index in [-0.39, 0.29) is 18.8 Å². The molecule has 0 radical (unpaired) electrons. The standard InChI is InChI=1S/C9H19O6P/c1-6(2)13-5-9-8(4-7(3)14-9)15-16(10,11)12/h6-9H,4-5H2,1-3H3,(H2,10,11,12)/p-1. The van der Waals surface area contributed by atoms with Crippen LogP contribution in [0, 0.1) is 0 Å². The number of hydrogen-bond donors (Lipinski definition) is 1. The summed E-state index contributed by atoms with van der Waals surface area (Å²) in [5, 5.41) is 0. The Morgan fingerprint density at radius 1 is 1.62 bits per heavy atom. The van der Waals surface area contributed by atoms with E-state index in [1.165, 1.54) is 0 Å². The summed E-state index contributed by atoms with van der Waals surface area (Å²) in [7, 11) is -4.71. The summed E-state index contributed by atoms with van der Waals surface area (Å²) < 4.78 is 26.0. The van der Waals surface area contributed by atoms with E-state index in [0.29, 0.717) is 6.42 Å². The van der Waals surface area contributed by atoms with Crippen LogP contribution in [0.4, 0.5) is 0 Å². The van der Waals surface area contributed by atoms with Gasteiger partial charge in [-0.2, -0.15) is 0 Å². The van der Waals surface area contributed by atoms with Crippen molar-refractivity contribution in [2.75, 3.05) is 6.61 Å². The van der Waals surface area contributed by atoms with Crippen molar-refractivity contribution in [1.29, 1.82) is 0 Å². The molecular formula is C9H18O6P-. The average Bonchev–Trinajstić information content (AvgIpc) is 2.39. The van der Waals surface area contributed by atoms with Crippen LogP contribution < -0.4 is 4.89 Å². The van der Waals surface area contributed by atoms with Crippen molar-refractivity contribution in [3.05, 3.63) is 0 Å². The zero-order valence-electron chi connectivity index (χ0n) is 9.66. The van der Waals surface area contributed by atoms with Gasteiger partial charge in [-0.3, -0.25) is 4.57 Å². The molecule has 0 spiro atoms. The quantitative estimate of drug-likeness (QED) is 0.715. The predicted molar refractivity (Wildman–Crippen MR) is 54.7 cm³/mol. The third-order valence-corrected chi connectivity index (χ3v) is 2.79. The number of phosphoric ester groups is 1. The van der Waals surface area contributed by atoms with Gasteiger partial charge in [0.05, 0.1) is 24.9 Å². The molecule has 1 rings (SSSR count). The van der Waals surface area contributed by atoms with Crippen molar-refractivity contribution in [2.45, 2.75) is 51.6 Å². The van der Waals surface area contributed by atoms with Crippen LogP contribution in [0.2, 0.25) is 0 Å². The molecule has 0 aliphatic carbocycles. The Morgan fingerprint density at radius 2 is 2.25 bits per heavy atom. The fraction of sp³-hybridized carbons (Fsp3) is 1.00. The minimum atomic E-state index is -4.71. The highest BCUT2D eigenvalue weighted by molar-refractivity contribution is 7.44. The molecule has 0 aromatic heterocycles. The lowest BCUT2D eigenvalue weighted by atomic mass is 10.1. The summed E-state index contributed by atoms with van der Waals surface area (Å²) in [6.45, 7) is 5.82. The van der Waals surface area contributed by atoms with Crippen molar-refractivity contribution in [3.8, 4) is 0 Å². The van der Waals surface area contributed by atoms with Gasteiger partial charge < -0.3 is 23.8 Å². The molecule has 0 aromatic rings. The Hall–Kier alpha value is 0.0300. The smallest absolute Gasteiger partial charge is 0.265 e. The first-order valence-electron chi connectivity index (χ1n) is 5.27. The average molecular weight is 253 g/mol. The third kappa shape index (κ3) is 4.91. The highest BCUT2D eigenvalue weighted by Gasteiger charge is 2.36. The van der Waals surface area contributed by atoms with Crippen molar-refractivity contribution < 1.29 is 28.3 Å². The van der Waals surface area contributed by atoms with Gasteiger partial charge in [-0.05, 0) is 20.8 Å². The van der Waals surface area contributed by atoms with Gasteiger partial charge >= 0.3 is 0 Å². The van der Waals surface area contributed by atoms with Gasteiger partial charge in [0.2, 0.25) is 0 Å². The highest BCUT2D eigenvalue weighted by Crippen LogP contribution is 2.38. The van der Waals surface area contributed by atoms with Gasteiger partial charge in [-0.15, -0.1) is 0 Å². The van der Waals surface area contributed by atoms with Crippen LogP contribution in [0.25, 0.3) is 0 Å². The molecule has 1 N–H and O–H groups in total. The van der Waals surface area contributed by atoms with Crippen LogP contribution in [0.15, 0.2) is 0 Å². The number of phosphoric acid groups is 1. The van der Waals surface area contributed by atoms with Gasteiger partial charge in [0, 0.05) is 6.42 Å². The first kappa shape index (κ1) is 14.1. The predicted octanol–water partition coefficient (Wildman–Crippen LogP) is 0.435. The lowest BCUT2D eigenvalue weighted by Crippen LogP contribution is -2.30. The molecule has 1 saturated heterocycles. The maximum Gasteiger partial charge on any atom is 0.265 e. The van der Waals surface area contributed by atoms with Crippen molar-refractivity contribution in [1.82, 2.24) is 0 Å². The van der Waals surface area contributed by atoms with Gasteiger partial charge in [0.25, 0.3) is 7.82 Å². The third-order valence-electron chi connectivity index (χ3n) is 2.25. The summed E-state index contributed by atoms with van der Waals surface area (Å²) in [5.41, 5.74) is 0. The van der Waals surface area contributed by atoms with Crippen molar-refractivity contribution in [2.24, 2.45) is 0 Å². The van der Waals surface area contributed by atoms with Crippen LogP contribution >= 0.6 is 7.82 Å². The second-order valence-electron chi connectivity index (χ2n) is 4.22. The largest absolute Gasteiger partial charge is 0.756 e. The van der Waals surface area contributed by atoms with Crippen molar-refractivity contribution in [3.63, 3.8) is 0 Å². The van der Waals surface area contributed by atoms with Gasteiger partial charge in [0.1, 0.15) is 6.10 Å². The number of ether oxygens (including phenoxy) is 2. The van der Waals surface area contributed by atoms with E-state index < -0.39 is 20.0 Å². The minimum absolute atomic E-state index is 0.0355. The Kier molecular flexibility index (Phi) is 4.91. The van der Waals surface area contributed by atoms with E-state index in [1.54, 1.807) is 0 Å². The molecule has 0 amide bonds. The fourth-order valence-electron chi connectivity index (χ4n) is 1.64. The molecule has 4 atom stereocenters. The van der Waals surface area contributed by atoms with E-state index in [2.05, 4.69) is 4.52 Å². The molecule has 1 heterocycles. The van der Waals surface area contributed by atoms with Crippen LogP contribution in [-0.2, 0) is 18.6 Å². The lowest BCUT2D eigenvalue weighted by Gasteiger charge is -2.24. The molecule has 1 aliphatic rings. The lowest BCUT2D eigenvalue weighted by molar-refractivity contribution is -0.226. The number of hydrogen-bond acceptors (Lipinski definition) is 5. The normalized spacial score (nSPS) is 34.2. The molecule has 6 nitrogen and oxygen atoms in total. The van der Waals surface area contributed by atoms with E-state index in [4.69, 9.17) is 14.4 Å². The first-order valence-corrected chi connectivity index (χ1v) is 6.76. The fourth-order valence-corrected chi connectivity index (χ4v) is 2.20. The Morgan fingerprint density at radius 3 is 2.75 bits per heavy atom. The monoisotopic (exact) mass is 253 g/mol. The van der Waals surface area contributed by atoms with Crippen LogP contribution in [0.5, 0.6) is 0 Å². The van der Waals surface area contributed by atoms with Gasteiger partial charge in [-0.25, -0.2) is 0 Å². The summed E-state index contributed by atoms with van der Waals surface area (Å²) in [6.07, 6.45) is -0.751. The van der Waals surface area contributed by atoms with E-state index in [1.807, 2.05) is 20.8 Å². The van der Waals surface area contributed by atoms with Gasteiger partial charge in [-0.1, -0.05) is 0 Å². The zero-order valence-corrected chi connectivity index (χ0v) is 10.6. The molecule has 16 heavy (non-hydrogen) atoms. The molecule has 1 aliphatic heterocycles. The maximum atomic E-state index is 10.6. The Balaban J connectivity index is 2.49. The summed E-state index contributed by atoms with van der Waals surface area (Å²) in [4.78, 5) is 19.3. The van der Waals surface area contributed by atoms with Crippen LogP contribution in [0.3, 0.4) is 0 Å². The molecule has 7 heteroatoms. The maximum absolute atomic E-state index is 10.6. The van der Waals surface area contributed by atoms with Crippen LogP contribution in [0.1, 0.15) is 27.2 Å². The summed E-state index contributed by atoms with van der Waals surface area (Å²) >= 11 is 0. The van der Waals surface area contributed by atoms with E-state index >= 15 is 0 Å². The SMILES string of the molecule is CC(C)OCC1OC(C)CC1OP(=O)([O-])O. The van der Waals surface area contributed by atoms with E-state index in [9.17, 15) is 9.46 Å². The Labute approximate surface area is 95.1 Å². The minimum Gasteiger partial charge on any atom is -0.756 e. The van der Waals surface area contributed by atoms with Crippen LogP contribution in [-0.4, -0.2) is 35.9 Å². The van der Waals surface area contributed by atoms with E-state index in [0.717, 1.165) is 0 Å². The molecule has 96 valence electrons. The molecule has 4 unspecified atom stereocenters. The first-order chi connectivity index (χ1) is 7.28. The summed E-state index contributed by atoms with van der Waals surface area (Å²) in [5.74, 6) is 0. The topological polar surface area (TPSA) is 88.1 Å².